The van der Waals surface area contributed by atoms with Crippen LogP contribution >= 0.6 is 0 Å². The zero-order valence-electron chi connectivity index (χ0n) is 13.1. The first-order chi connectivity index (χ1) is 9.43. The van der Waals surface area contributed by atoms with Gasteiger partial charge in [-0.2, -0.15) is 0 Å². The van der Waals surface area contributed by atoms with Crippen LogP contribution in [-0.4, -0.2) is 23.5 Å². The summed E-state index contributed by atoms with van der Waals surface area (Å²) in [6.07, 6.45) is 1.86. The predicted octanol–water partition coefficient (Wildman–Crippen LogP) is 3.72. The second kappa shape index (κ2) is 8.18. The summed E-state index contributed by atoms with van der Waals surface area (Å²) >= 11 is 0. The number of hydrogen-bond donors (Lipinski definition) is 1. The Morgan fingerprint density at radius 1 is 1.30 bits per heavy atom. The molecule has 1 rings (SSSR count). The Hall–Kier alpha value is -1.19. The molecule has 0 amide bonds. The molecular weight excluding hydrogens is 251 g/mol. The monoisotopic (exact) mass is 278 g/mol. The second-order valence-corrected chi connectivity index (χ2v) is 5.77. The van der Waals surface area contributed by atoms with E-state index in [2.05, 4.69) is 44.5 Å². The van der Waals surface area contributed by atoms with E-state index in [1.165, 1.54) is 0 Å². The van der Waals surface area contributed by atoms with Crippen molar-refractivity contribution in [2.45, 2.75) is 52.9 Å². The first-order valence-electron chi connectivity index (χ1n) is 7.29. The molecule has 0 saturated carbocycles. The molecule has 20 heavy (non-hydrogen) atoms. The molecule has 3 heteroatoms. The Balaban J connectivity index is 2.81. The zero-order valence-corrected chi connectivity index (χ0v) is 13.1. The minimum absolute atomic E-state index is 0.131. The molecule has 0 heterocycles. The quantitative estimate of drug-likeness (QED) is 0.729. The van der Waals surface area contributed by atoms with E-state index in [1.54, 1.807) is 6.07 Å². The van der Waals surface area contributed by atoms with Gasteiger partial charge in [0.2, 0.25) is 0 Å². The summed E-state index contributed by atoms with van der Waals surface area (Å²) in [5.74, 6) is -0.131. The van der Waals surface area contributed by atoms with Crippen molar-refractivity contribution < 1.29 is 4.39 Å². The van der Waals surface area contributed by atoms with Crippen LogP contribution in [0.25, 0.3) is 0 Å². The molecule has 112 valence electrons. The van der Waals surface area contributed by atoms with Crippen molar-refractivity contribution in [2.75, 3.05) is 6.54 Å². The van der Waals surface area contributed by atoms with Gasteiger partial charge in [0.15, 0.2) is 0 Å². The van der Waals surface area contributed by atoms with Gasteiger partial charge < -0.3 is 5.32 Å². The fourth-order valence-electron chi connectivity index (χ4n) is 2.02. The SMILES string of the molecule is C=CCN(Cc1cc(CNC(C)C)ccc1F)C(C)C. The van der Waals surface area contributed by atoms with Crippen LogP contribution < -0.4 is 5.32 Å². The Kier molecular flexibility index (Phi) is 6.89. The van der Waals surface area contributed by atoms with E-state index in [0.29, 0.717) is 18.6 Å². The molecular formula is C17H27FN2. The number of halogens is 1. The highest BCUT2D eigenvalue weighted by Gasteiger charge is 2.12. The first kappa shape index (κ1) is 16.9. The van der Waals surface area contributed by atoms with Gasteiger partial charge in [-0.1, -0.05) is 32.1 Å². The Bertz CT molecular complexity index is 427. The summed E-state index contributed by atoms with van der Waals surface area (Å²) in [6, 6.07) is 6.17. The van der Waals surface area contributed by atoms with Crippen LogP contribution in [0.1, 0.15) is 38.8 Å². The topological polar surface area (TPSA) is 15.3 Å². The normalized spacial score (nSPS) is 11.6. The fraction of sp³-hybridized carbons (Fsp3) is 0.529. The van der Waals surface area contributed by atoms with E-state index in [9.17, 15) is 4.39 Å². The minimum Gasteiger partial charge on any atom is -0.310 e. The third-order valence-electron chi connectivity index (χ3n) is 3.29. The lowest BCUT2D eigenvalue weighted by Crippen LogP contribution is -2.31. The number of rotatable bonds is 8. The maximum absolute atomic E-state index is 14.0. The highest BCUT2D eigenvalue weighted by molar-refractivity contribution is 5.25. The van der Waals surface area contributed by atoms with Crippen molar-refractivity contribution >= 4 is 0 Å². The molecule has 1 aromatic carbocycles. The van der Waals surface area contributed by atoms with E-state index in [0.717, 1.165) is 24.2 Å². The lowest BCUT2D eigenvalue weighted by Gasteiger charge is -2.25. The molecule has 0 saturated heterocycles. The van der Waals surface area contributed by atoms with E-state index >= 15 is 0 Å². The van der Waals surface area contributed by atoms with Gasteiger partial charge in [0.25, 0.3) is 0 Å². The fourth-order valence-corrected chi connectivity index (χ4v) is 2.02. The van der Waals surface area contributed by atoms with Crippen LogP contribution in [0.15, 0.2) is 30.9 Å². The smallest absolute Gasteiger partial charge is 0.127 e. The molecule has 0 bridgehead atoms. The van der Waals surface area contributed by atoms with Crippen LogP contribution in [0.4, 0.5) is 4.39 Å². The van der Waals surface area contributed by atoms with Crippen LogP contribution in [-0.2, 0) is 13.1 Å². The van der Waals surface area contributed by atoms with Crippen LogP contribution in [0.3, 0.4) is 0 Å². The highest BCUT2D eigenvalue weighted by atomic mass is 19.1. The number of benzene rings is 1. The Labute approximate surface area is 122 Å². The van der Waals surface area contributed by atoms with Crippen LogP contribution in [0.5, 0.6) is 0 Å². The molecule has 0 aliphatic rings. The summed E-state index contributed by atoms with van der Waals surface area (Å²) < 4.78 is 14.0. The molecule has 0 aromatic heterocycles. The van der Waals surface area contributed by atoms with E-state index in [1.807, 2.05) is 18.2 Å². The third-order valence-corrected chi connectivity index (χ3v) is 3.29. The first-order valence-corrected chi connectivity index (χ1v) is 7.29. The molecule has 2 nitrogen and oxygen atoms in total. The summed E-state index contributed by atoms with van der Waals surface area (Å²) in [5.41, 5.74) is 1.88. The summed E-state index contributed by atoms with van der Waals surface area (Å²) in [4.78, 5) is 2.20. The van der Waals surface area contributed by atoms with Crippen molar-refractivity contribution in [3.63, 3.8) is 0 Å². The molecule has 0 fully saturated rings. The van der Waals surface area contributed by atoms with E-state index in [-0.39, 0.29) is 5.82 Å². The maximum atomic E-state index is 14.0. The highest BCUT2D eigenvalue weighted by Crippen LogP contribution is 2.15. The van der Waals surface area contributed by atoms with Gasteiger partial charge in [-0.15, -0.1) is 6.58 Å². The molecule has 0 radical (unpaired) electrons. The van der Waals surface area contributed by atoms with Crippen LogP contribution in [0.2, 0.25) is 0 Å². The molecule has 0 atom stereocenters. The average molecular weight is 278 g/mol. The summed E-state index contributed by atoms with van der Waals surface area (Å²) in [5, 5.41) is 3.36. The van der Waals surface area contributed by atoms with Crippen LogP contribution in [0, 0.1) is 5.82 Å². The Morgan fingerprint density at radius 2 is 2.00 bits per heavy atom. The van der Waals surface area contributed by atoms with E-state index in [4.69, 9.17) is 0 Å². The van der Waals surface area contributed by atoms with Gasteiger partial charge in [0.05, 0.1) is 0 Å². The molecule has 0 spiro atoms. The third kappa shape index (κ3) is 5.43. The standard InChI is InChI=1S/C17H27FN2/c1-6-9-20(14(4)5)12-16-10-15(7-8-17(16)18)11-19-13(2)3/h6-8,10,13-14,19H,1,9,11-12H2,2-5H3. The van der Waals surface area contributed by atoms with Gasteiger partial charge >= 0.3 is 0 Å². The summed E-state index contributed by atoms with van der Waals surface area (Å²) in [7, 11) is 0. The van der Waals surface area contributed by atoms with Gasteiger partial charge in [-0.3, -0.25) is 4.90 Å². The molecule has 0 aliphatic carbocycles. The minimum atomic E-state index is -0.131. The van der Waals surface area contributed by atoms with Crippen molar-refractivity contribution in [1.29, 1.82) is 0 Å². The lowest BCUT2D eigenvalue weighted by atomic mass is 10.1. The van der Waals surface area contributed by atoms with Crippen molar-refractivity contribution in [3.05, 3.63) is 47.8 Å². The van der Waals surface area contributed by atoms with Gasteiger partial charge in [0, 0.05) is 37.3 Å². The summed E-state index contributed by atoms with van der Waals surface area (Å²) in [6.45, 7) is 14.4. The van der Waals surface area contributed by atoms with Crippen molar-refractivity contribution in [3.8, 4) is 0 Å². The van der Waals surface area contributed by atoms with Gasteiger partial charge in [-0.05, 0) is 25.5 Å². The molecule has 0 unspecified atom stereocenters. The lowest BCUT2D eigenvalue weighted by molar-refractivity contribution is 0.234. The maximum Gasteiger partial charge on any atom is 0.127 e. The second-order valence-electron chi connectivity index (χ2n) is 5.77. The van der Waals surface area contributed by atoms with Gasteiger partial charge in [-0.25, -0.2) is 4.39 Å². The predicted molar refractivity (Wildman–Crippen MR) is 84.1 cm³/mol. The van der Waals surface area contributed by atoms with E-state index < -0.39 is 0 Å². The molecule has 0 aliphatic heterocycles. The van der Waals surface area contributed by atoms with Gasteiger partial charge in [0.1, 0.15) is 5.82 Å². The zero-order chi connectivity index (χ0) is 15.1. The van der Waals surface area contributed by atoms with Crippen molar-refractivity contribution in [1.82, 2.24) is 10.2 Å². The van der Waals surface area contributed by atoms with Crippen molar-refractivity contribution in [2.24, 2.45) is 0 Å². The largest absolute Gasteiger partial charge is 0.310 e. The number of nitrogens with one attached hydrogen (secondary N) is 1. The number of hydrogen-bond acceptors (Lipinski definition) is 2. The molecule has 1 N–H and O–H groups in total. The average Bonchev–Trinajstić information content (AvgIpc) is 2.38. The number of nitrogens with zero attached hydrogens (tertiary/aromatic N) is 1. The molecule has 1 aromatic rings. The Morgan fingerprint density at radius 3 is 2.55 bits per heavy atom.